The van der Waals surface area contributed by atoms with Crippen LogP contribution in [-0.2, 0) is 27.2 Å². The van der Waals surface area contributed by atoms with Gasteiger partial charge in [-0.2, -0.15) is 0 Å². The van der Waals surface area contributed by atoms with Crippen LogP contribution in [0.2, 0.25) is 0 Å². The van der Waals surface area contributed by atoms with E-state index in [0.717, 1.165) is 0 Å². The molecule has 0 atom stereocenters. The number of cyclic esters (lactones) is 1. The summed E-state index contributed by atoms with van der Waals surface area (Å²) in [6.45, 7) is 2.99. The van der Waals surface area contributed by atoms with Gasteiger partial charge in [0.05, 0.1) is 38.8 Å². The molecule has 0 saturated carbocycles. The van der Waals surface area contributed by atoms with E-state index in [1.54, 1.807) is 66.6 Å². The number of carbonyl (C=O) groups excluding carboxylic acids is 3. The molecule has 2 aromatic carbocycles. The molecule has 3 aromatic rings. The molecule has 10 heteroatoms. The summed E-state index contributed by atoms with van der Waals surface area (Å²) in [6.07, 6.45) is 2.72. The Morgan fingerprint density at radius 3 is 2.65 bits per heavy atom. The minimum absolute atomic E-state index is 0.0833. The predicted molar refractivity (Wildman–Crippen MR) is 134 cm³/mol. The zero-order chi connectivity index (χ0) is 26.2. The molecule has 1 aliphatic rings. The molecule has 0 bridgehead atoms. The number of pyridine rings is 1. The molecule has 2 amide bonds. The number of methoxy groups -OCH3 is 1. The maximum Gasteiger partial charge on any atom is 0.410 e. The summed E-state index contributed by atoms with van der Waals surface area (Å²) in [5.74, 6) is 0.641. The van der Waals surface area contributed by atoms with Gasteiger partial charge in [0.1, 0.15) is 12.4 Å². The molecule has 192 valence electrons. The van der Waals surface area contributed by atoms with E-state index in [4.69, 9.17) is 18.9 Å². The molecule has 1 fully saturated rings. The van der Waals surface area contributed by atoms with Crippen molar-refractivity contribution in [3.63, 3.8) is 0 Å². The molecule has 0 unspecified atom stereocenters. The summed E-state index contributed by atoms with van der Waals surface area (Å²) in [5, 5.41) is 2.85. The Bertz CT molecular complexity index is 1280. The van der Waals surface area contributed by atoms with Crippen LogP contribution in [0.5, 0.6) is 17.2 Å². The smallest absolute Gasteiger partial charge is 0.410 e. The number of nitrogens with one attached hydrogen (secondary N) is 1. The topological polar surface area (TPSA) is 116 Å². The van der Waals surface area contributed by atoms with Gasteiger partial charge < -0.3 is 29.2 Å². The number of hydrogen-bond donors (Lipinski definition) is 1. The molecular formula is C27H27N3O7. The number of amides is 2. The molecule has 1 aliphatic heterocycles. The van der Waals surface area contributed by atoms with Crippen molar-refractivity contribution in [1.82, 2.24) is 9.88 Å². The number of esters is 1. The average Bonchev–Trinajstić information content (AvgIpc) is 3.30. The largest absolute Gasteiger partial charge is 0.493 e. The molecule has 0 radical (unpaired) electrons. The molecule has 1 N–H and O–H groups in total. The lowest BCUT2D eigenvalue weighted by Gasteiger charge is -2.19. The van der Waals surface area contributed by atoms with Gasteiger partial charge >= 0.3 is 12.1 Å². The molecular weight excluding hydrogens is 478 g/mol. The lowest BCUT2D eigenvalue weighted by atomic mass is 10.1. The quantitative estimate of drug-likeness (QED) is 0.408. The first-order chi connectivity index (χ1) is 18.0. The molecule has 37 heavy (non-hydrogen) atoms. The summed E-state index contributed by atoms with van der Waals surface area (Å²) < 4.78 is 21.8. The van der Waals surface area contributed by atoms with Crippen LogP contribution in [0.4, 0.5) is 10.5 Å². The first-order valence-electron chi connectivity index (χ1n) is 11.7. The third-order valence-electron chi connectivity index (χ3n) is 5.55. The molecule has 2 heterocycles. The van der Waals surface area contributed by atoms with Crippen molar-refractivity contribution in [3.05, 3.63) is 77.6 Å². The average molecular weight is 506 g/mol. The number of carbonyl (C=O) groups is 3. The van der Waals surface area contributed by atoms with Gasteiger partial charge in [-0.1, -0.05) is 6.07 Å². The maximum atomic E-state index is 12.6. The standard InChI is InChI=1S/C27H27N3O7/c1-3-35-25(31)14-18-6-8-23(34-2)24(13-18)37-22-9-7-21(29-26(32)19-5-4-10-28-16-19)15-20(22)17-30-11-12-36-27(30)33/h4-10,13,15-16H,3,11-12,14,17H2,1-2H3,(H,29,32). The summed E-state index contributed by atoms with van der Waals surface area (Å²) in [5.41, 5.74) is 2.27. The van der Waals surface area contributed by atoms with Crippen molar-refractivity contribution in [2.24, 2.45) is 0 Å². The number of anilines is 1. The van der Waals surface area contributed by atoms with E-state index in [-0.39, 0.29) is 24.8 Å². The molecule has 10 nitrogen and oxygen atoms in total. The van der Waals surface area contributed by atoms with Gasteiger partial charge in [-0.25, -0.2) is 4.79 Å². The Labute approximate surface area is 214 Å². The molecule has 0 spiro atoms. The van der Waals surface area contributed by atoms with E-state index in [2.05, 4.69) is 10.3 Å². The van der Waals surface area contributed by atoms with Crippen molar-refractivity contribution in [2.45, 2.75) is 19.9 Å². The van der Waals surface area contributed by atoms with Gasteiger partial charge in [-0.3, -0.25) is 14.6 Å². The fraction of sp³-hybridized carbons (Fsp3) is 0.259. The van der Waals surface area contributed by atoms with Crippen molar-refractivity contribution < 1.29 is 33.3 Å². The fourth-order valence-electron chi connectivity index (χ4n) is 3.76. The summed E-state index contributed by atoms with van der Waals surface area (Å²) >= 11 is 0. The Morgan fingerprint density at radius 2 is 1.95 bits per heavy atom. The monoisotopic (exact) mass is 505 g/mol. The second-order valence-electron chi connectivity index (χ2n) is 8.12. The molecule has 1 aromatic heterocycles. The van der Waals surface area contributed by atoms with Crippen LogP contribution in [0.3, 0.4) is 0 Å². The number of hydrogen-bond acceptors (Lipinski definition) is 8. The first kappa shape index (κ1) is 25.5. The van der Waals surface area contributed by atoms with Crippen LogP contribution < -0.4 is 14.8 Å². The van der Waals surface area contributed by atoms with E-state index < -0.39 is 6.09 Å². The fourth-order valence-corrected chi connectivity index (χ4v) is 3.76. The lowest BCUT2D eigenvalue weighted by Crippen LogP contribution is -2.24. The Balaban J connectivity index is 1.62. The second kappa shape index (κ2) is 11.9. The SMILES string of the molecule is CCOC(=O)Cc1ccc(OC)c(Oc2ccc(NC(=O)c3cccnc3)cc2CN2CCOC2=O)c1. The highest BCUT2D eigenvalue weighted by Gasteiger charge is 2.24. The first-order valence-corrected chi connectivity index (χ1v) is 11.7. The van der Waals surface area contributed by atoms with E-state index in [0.29, 0.717) is 59.4 Å². The summed E-state index contributed by atoms with van der Waals surface area (Å²) in [4.78, 5) is 42.2. The van der Waals surface area contributed by atoms with Gasteiger partial charge in [0, 0.05) is 23.6 Å². The Kier molecular flexibility index (Phi) is 8.19. The van der Waals surface area contributed by atoms with Crippen molar-refractivity contribution in [2.75, 3.05) is 32.2 Å². The van der Waals surface area contributed by atoms with Crippen LogP contribution >= 0.6 is 0 Å². The van der Waals surface area contributed by atoms with Gasteiger partial charge in [-0.15, -0.1) is 0 Å². The zero-order valence-electron chi connectivity index (χ0n) is 20.6. The highest BCUT2D eigenvalue weighted by atomic mass is 16.6. The minimum atomic E-state index is -0.426. The van der Waals surface area contributed by atoms with Gasteiger partial charge in [0.25, 0.3) is 5.91 Å². The van der Waals surface area contributed by atoms with Crippen molar-refractivity contribution in [3.8, 4) is 17.2 Å². The number of rotatable bonds is 10. The molecule has 1 saturated heterocycles. The molecule has 4 rings (SSSR count). The maximum absolute atomic E-state index is 12.6. The normalized spacial score (nSPS) is 12.6. The van der Waals surface area contributed by atoms with Crippen LogP contribution in [0.25, 0.3) is 0 Å². The third kappa shape index (κ3) is 6.54. The van der Waals surface area contributed by atoms with E-state index >= 15 is 0 Å². The van der Waals surface area contributed by atoms with Crippen molar-refractivity contribution in [1.29, 1.82) is 0 Å². The Hall–Kier alpha value is -4.60. The summed E-state index contributed by atoms with van der Waals surface area (Å²) in [6, 6.07) is 13.7. The van der Waals surface area contributed by atoms with Gasteiger partial charge in [-0.05, 0) is 55.0 Å². The Morgan fingerprint density at radius 1 is 1.11 bits per heavy atom. The minimum Gasteiger partial charge on any atom is -0.493 e. The number of nitrogens with zero attached hydrogens (tertiary/aromatic N) is 2. The van der Waals surface area contributed by atoms with Crippen LogP contribution in [0.15, 0.2) is 60.9 Å². The highest BCUT2D eigenvalue weighted by Crippen LogP contribution is 2.36. The highest BCUT2D eigenvalue weighted by molar-refractivity contribution is 6.04. The van der Waals surface area contributed by atoms with E-state index in [9.17, 15) is 14.4 Å². The second-order valence-corrected chi connectivity index (χ2v) is 8.12. The van der Waals surface area contributed by atoms with E-state index in [1.807, 2.05) is 0 Å². The summed E-state index contributed by atoms with van der Waals surface area (Å²) in [7, 11) is 1.52. The van der Waals surface area contributed by atoms with Crippen LogP contribution in [0, 0.1) is 0 Å². The number of ether oxygens (including phenoxy) is 4. The zero-order valence-corrected chi connectivity index (χ0v) is 20.6. The lowest BCUT2D eigenvalue weighted by molar-refractivity contribution is -0.142. The number of aromatic nitrogens is 1. The third-order valence-corrected chi connectivity index (χ3v) is 5.55. The predicted octanol–water partition coefficient (Wildman–Crippen LogP) is 4.19. The van der Waals surface area contributed by atoms with E-state index in [1.165, 1.54) is 13.3 Å². The van der Waals surface area contributed by atoms with Crippen LogP contribution in [-0.4, -0.2) is 54.7 Å². The van der Waals surface area contributed by atoms with Gasteiger partial charge in [0.15, 0.2) is 11.5 Å². The van der Waals surface area contributed by atoms with Crippen molar-refractivity contribution >= 4 is 23.7 Å². The van der Waals surface area contributed by atoms with Gasteiger partial charge in [0.2, 0.25) is 0 Å². The van der Waals surface area contributed by atoms with Crippen LogP contribution in [0.1, 0.15) is 28.4 Å². The molecule has 0 aliphatic carbocycles. The number of benzene rings is 2.